The summed E-state index contributed by atoms with van der Waals surface area (Å²) in [7, 11) is 0. The van der Waals surface area contributed by atoms with Gasteiger partial charge < -0.3 is 10.3 Å². The Morgan fingerprint density at radius 1 is 1.16 bits per heavy atom. The number of hydrogen-bond acceptors (Lipinski definition) is 3. The van der Waals surface area contributed by atoms with Gasteiger partial charge in [-0.25, -0.2) is 4.79 Å². The maximum Gasteiger partial charge on any atom is 0.325 e. The fourth-order valence-electron chi connectivity index (χ4n) is 2.97. The third-order valence-electron chi connectivity index (χ3n) is 4.63. The number of aromatic amines is 1. The van der Waals surface area contributed by atoms with Crippen molar-refractivity contribution in [2.75, 3.05) is 6.54 Å². The van der Waals surface area contributed by atoms with E-state index in [0.717, 1.165) is 10.5 Å². The molecule has 1 aliphatic rings. The predicted octanol–water partition coefficient (Wildman–Crippen LogP) is 2.79. The number of rotatable bonds is 5. The lowest BCUT2D eigenvalue weighted by Crippen LogP contribution is -2.41. The second-order valence-corrected chi connectivity index (χ2v) is 6.73. The molecule has 1 fully saturated rings. The first kappa shape index (κ1) is 17.0. The van der Waals surface area contributed by atoms with E-state index in [9.17, 15) is 14.4 Å². The van der Waals surface area contributed by atoms with E-state index in [4.69, 9.17) is 0 Å². The van der Waals surface area contributed by atoms with E-state index in [0.29, 0.717) is 17.2 Å². The number of carbonyl (C=O) groups excluding carboxylic acids is 3. The molecule has 6 heteroatoms. The molecule has 2 aromatic rings. The van der Waals surface area contributed by atoms with Crippen molar-refractivity contribution < 1.29 is 14.4 Å². The zero-order valence-corrected chi connectivity index (χ0v) is 14.5. The van der Waals surface area contributed by atoms with Crippen molar-refractivity contribution in [2.24, 2.45) is 0 Å². The van der Waals surface area contributed by atoms with Crippen LogP contribution in [0.3, 0.4) is 0 Å². The minimum atomic E-state index is -1.16. The largest absolute Gasteiger partial charge is 0.359 e. The molecule has 2 heterocycles. The lowest BCUT2D eigenvalue weighted by Gasteiger charge is -2.22. The summed E-state index contributed by atoms with van der Waals surface area (Å²) in [6.07, 6.45) is 1.62. The van der Waals surface area contributed by atoms with E-state index in [-0.39, 0.29) is 12.3 Å². The normalized spacial score (nSPS) is 20.2. The van der Waals surface area contributed by atoms with Gasteiger partial charge in [0.05, 0.1) is 12.2 Å². The van der Waals surface area contributed by atoms with E-state index in [2.05, 4.69) is 24.1 Å². The molecule has 0 bridgehead atoms. The van der Waals surface area contributed by atoms with E-state index < -0.39 is 17.5 Å². The summed E-state index contributed by atoms with van der Waals surface area (Å²) in [6, 6.07) is 10.4. The number of carbonyl (C=O) groups is 3. The van der Waals surface area contributed by atoms with Crippen LogP contribution in [0.1, 0.15) is 48.3 Å². The van der Waals surface area contributed by atoms with Crippen LogP contribution in [0.15, 0.2) is 42.6 Å². The monoisotopic (exact) mass is 339 g/mol. The Morgan fingerprint density at radius 2 is 1.84 bits per heavy atom. The topological polar surface area (TPSA) is 82.3 Å². The van der Waals surface area contributed by atoms with E-state index >= 15 is 0 Å². The lowest BCUT2D eigenvalue weighted by molar-refractivity contribution is -0.130. The maximum absolute atomic E-state index is 12.8. The molecule has 1 aromatic carbocycles. The molecule has 130 valence electrons. The molecule has 1 aromatic heterocycles. The first-order valence-electron chi connectivity index (χ1n) is 8.24. The summed E-state index contributed by atoms with van der Waals surface area (Å²) >= 11 is 0. The molecule has 1 saturated heterocycles. The SMILES string of the molecule is CC(C)c1ccc([C@@]2(C)NC(=O)N(CC(=O)c3ccc[nH]3)C2=O)cc1. The van der Waals surface area contributed by atoms with Gasteiger partial charge in [0.1, 0.15) is 5.54 Å². The summed E-state index contributed by atoms with van der Waals surface area (Å²) in [6.45, 7) is 5.56. The Morgan fingerprint density at radius 3 is 2.40 bits per heavy atom. The summed E-state index contributed by atoms with van der Waals surface area (Å²) in [5, 5.41) is 2.72. The number of urea groups is 1. The minimum absolute atomic E-state index is 0.287. The van der Waals surface area contributed by atoms with Crippen molar-refractivity contribution in [3.63, 3.8) is 0 Å². The average Bonchev–Trinajstić information content (AvgIpc) is 3.19. The molecular formula is C19H21N3O3. The Bertz CT molecular complexity index is 809. The van der Waals surface area contributed by atoms with Crippen molar-refractivity contribution >= 4 is 17.7 Å². The standard InChI is InChI=1S/C19H21N3O3/c1-12(2)13-6-8-14(9-7-13)19(3)17(24)22(18(25)21-19)11-16(23)15-5-4-10-20-15/h4-10,12,20H,11H2,1-3H3,(H,21,25)/t19-/m1/s1. The summed E-state index contributed by atoms with van der Waals surface area (Å²) in [4.78, 5) is 41.1. The number of benzene rings is 1. The first-order chi connectivity index (χ1) is 11.8. The highest BCUT2D eigenvalue weighted by Gasteiger charge is 2.49. The number of aromatic nitrogens is 1. The maximum atomic E-state index is 12.8. The predicted molar refractivity (Wildman–Crippen MR) is 93.3 cm³/mol. The van der Waals surface area contributed by atoms with Crippen LogP contribution in [0.2, 0.25) is 0 Å². The van der Waals surface area contributed by atoms with Gasteiger partial charge in [-0.1, -0.05) is 38.1 Å². The van der Waals surface area contributed by atoms with Crippen molar-refractivity contribution in [2.45, 2.75) is 32.2 Å². The molecule has 6 nitrogen and oxygen atoms in total. The van der Waals surface area contributed by atoms with Gasteiger partial charge in [-0.3, -0.25) is 14.5 Å². The highest BCUT2D eigenvalue weighted by Crippen LogP contribution is 2.30. The third kappa shape index (κ3) is 2.95. The van der Waals surface area contributed by atoms with Crippen molar-refractivity contribution in [1.82, 2.24) is 15.2 Å². The second kappa shape index (κ2) is 6.20. The van der Waals surface area contributed by atoms with Crippen LogP contribution in [0.4, 0.5) is 4.79 Å². The summed E-state index contributed by atoms with van der Waals surface area (Å²) in [5.41, 5.74) is 1.06. The van der Waals surface area contributed by atoms with Gasteiger partial charge in [-0.05, 0) is 36.1 Å². The molecular weight excluding hydrogens is 318 g/mol. The van der Waals surface area contributed by atoms with Crippen LogP contribution < -0.4 is 5.32 Å². The lowest BCUT2D eigenvalue weighted by atomic mass is 9.90. The smallest absolute Gasteiger partial charge is 0.325 e. The van der Waals surface area contributed by atoms with Crippen LogP contribution in [0.25, 0.3) is 0 Å². The van der Waals surface area contributed by atoms with Crippen molar-refractivity contribution in [3.8, 4) is 0 Å². The fraction of sp³-hybridized carbons (Fsp3) is 0.316. The minimum Gasteiger partial charge on any atom is -0.359 e. The summed E-state index contributed by atoms with van der Waals surface area (Å²) < 4.78 is 0. The molecule has 1 aliphatic heterocycles. The van der Waals surface area contributed by atoms with Gasteiger partial charge in [0.2, 0.25) is 0 Å². The van der Waals surface area contributed by atoms with Gasteiger partial charge in [0.25, 0.3) is 5.91 Å². The molecule has 1 atom stereocenters. The van der Waals surface area contributed by atoms with Crippen LogP contribution in [-0.4, -0.2) is 34.2 Å². The molecule has 3 amide bonds. The van der Waals surface area contributed by atoms with Gasteiger partial charge in [0, 0.05) is 6.20 Å². The Kier molecular flexibility index (Phi) is 4.20. The average molecular weight is 339 g/mol. The summed E-state index contributed by atoms with van der Waals surface area (Å²) in [5.74, 6) is -0.353. The first-order valence-corrected chi connectivity index (χ1v) is 8.24. The Labute approximate surface area is 146 Å². The van der Waals surface area contributed by atoms with Gasteiger partial charge in [-0.15, -0.1) is 0 Å². The van der Waals surface area contributed by atoms with Gasteiger partial charge in [0.15, 0.2) is 5.78 Å². The van der Waals surface area contributed by atoms with Crippen LogP contribution in [-0.2, 0) is 10.3 Å². The van der Waals surface area contributed by atoms with Gasteiger partial charge >= 0.3 is 6.03 Å². The highest BCUT2D eigenvalue weighted by molar-refractivity contribution is 6.10. The van der Waals surface area contributed by atoms with Crippen LogP contribution in [0, 0.1) is 0 Å². The molecule has 3 rings (SSSR count). The van der Waals surface area contributed by atoms with Crippen LogP contribution in [0.5, 0.6) is 0 Å². The number of ketones is 1. The molecule has 0 unspecified atom stereocenters. The van der Waals surface area contributed by atoms with Crippen molar-refractivity contribution in [3.05, 3.63) is 59.4 Å². The third-order valence-corrected chi connectivity index (χ3v) is 4.63. The molecule has 0 aliphatic carbocycles. The molecule has 0 spiro atoms. The van der Waals surface area contributed by atoms with E-state index in [1.165, 1.54) is 0 Å². The number of Topliss-reactive ketones (excluding diaryl/α,β-unsaturated/α-hetero) is 1. The fourth-order valence-corrected chi connectivity index (χ4v) is 2.97. The zero-order valence-electron chi connectivity index (χ0n) is 14.5. The van der Waals surface area contributed by atoms with Crippen LogP contribution >= 0.6 is 0 Å². The number of imide groups is 1. The zero-order chi connectivity index (χ0) is 18.2. The van der Waals surface area contributed by atoms with E-state index in [1.54, 1.807) is 25.3 Å². The number of amides is 3. The number of nitrogens with one attached hydrogen (secondary N) is 2. The van der Waals surface area contributed by atoms with Crippen molar-refractivity contribution in [1.29, 1.82) is 0 Å². The van der Waals surface area contributed by atoms with E-state index in [1.807, 2.05) is 24.3 Å². The molecule has 0 radical (unpaired) electrons. The van der Waals surface area contributed by atoms with Gasteiger partial charge in [-0.2, -0.15) is 0 Å². The molecule has 2 N–H and O–H groups in total. The molecule has 25 heavy (non-hydrogen) atoms. The molecule has 0 saturated carbocycles. The second-order valence-electron chi connectivity index (χ2n) is 6.73. The Hall–Kier alpha value is -2.89. The highest BCUT2D eigenvalue weighted by atomic mass is 16.2. The quantitative estimate of drug-likeness (QED) is 0.649. The Balaban J connectivity index is 1.83. The number of nitrogens with zero attached hydrogens (tertiary/aromatic N) is 1. The number of hydrogen-bond donors (Lipinski definition) is 2. The number of H-pyrrole nitrogens is 1.